The molecule has 1 fully saturated rings. The van der Waals surface area contributed by atoms with Gasteiger partial charge in [-0.25, -0.2) is 9.97 Å². The lowest BCUT2D eigenvalue weighted by Crippen LogP contribution is -2.53. The number of piperidine rings is 1. The van der Waals surface area contributed by atoms with Crippen LogP contribution in [0.25, 0.3) is 11.0 Å². The third-order valence-corrected chi connectivity index (χ3v) is 6.15. The summed E-state index contributed by atoms with van der Waals surface area (Å²) in [6.07, 6.45) is -0.976. The lowest BCUT2D eigenvalue weighted by molar-refractivity contribution is -0.136. The number of hydrogen-bond donors (Lipinski definition) is 2. The lowest BCUT2D eigenvalue weighted by Gasteiger charge is -2.39. The molecule has 0 saturated carbocycles. The molecule has 32 heavy (non-hydrogen) atoms. The summed E-state index contributed by atoms with van der Waals surface area (Å²) in [5.41, 5.74) is -1.28. The van der Waals surface area contributed by atoms with Gasteiger partial charge >= 0.3 is 6.18 Å². The van der Waals surface area contributed by atoms with Gasteiger partial charge in [-0.3, -0.25) is 0 Å². The zero-order valence-corrected chi connectivity index (χ0v) is 19.9. The topological polar surface area (TPSA) is 85.3 Å². The van der Waals surface area contributed by atoms with Crippen LogP contribution >= 0.6 is 22.6 Å². The van der Waals surface area contributed by atoms with Gasteiger partial charge in [0.05, 0.1) is 22.9 Å². The summed E-state index contributed by atoms with van der Waals surface area (Å²) in [4.78, 5) is 8.40. The van der Waals surface area contributed by atoms with E-state index in [1.54, 1.807) is 13.8 Å². The monoisotopic (exact) mass is 564 g/mol. The van der Waals surface area contributed by atoms with Crippen molar-refractivity contribution in [3.05, 3.63) is 39.9 Å². The molecular formula is C21H24F3IN4O3. The van der Waals surface area contributed by atoms with Gasteiger partial charge in [-0.1, -0.05) is 0 Å². The molecule has 0 spiro atoms. The van der Waals surface area contributed by atoms with Crippen LogP contribution in [0, 0.1) is 3.90 Å². The fraction of sp³-hybridized carbons (Fsp3) is 0.524. The van der Waals surface area contributed by atoms with Crippen molar-refractivity contribution >= 4 is 33.6 Å². The summed E-state index contributed by atoms with van der Waals surface area (Å²) in [5, 5.41) is 14.5. The molecule has 4 rings (SSSR count). The van der Waals surface area contributed by atoms with Crippen LogP contribution in [0.3, 0.4) is 0 Å². The highest BCUT2D eigenvalue weighted by molar-refractivity contribution is 14.1. The number of imidazole rings is 1. The van der Waals surface area contributed by atoms with E-state index in [9.17, 15) is 18.3 Å². The highest BCUT2D eigenvalue weighted by Crippen LogP contribution is 2.39. The number of ether oxygens (including phenoxy) is 1. The van der Waals surface area contributed by atoms with Crippen molar-refractivity contribution in [3.8, 4) is 5.75 Å². The largest absolute Gasteiger partial charge is 0.492 e. The van der Waals surface area contributed by atoms with Crippen LogP contribution in [-0.2, 0) is 11.8 Å². The first kappa shape index (κ1) is 23.3. The fourth-order valence-corrected chi connectivity index (χ4v) is 4.72. The van der Waals surface area contributed by atoms with Gasteiger partial charge < -0.3 is 24.1 Å². The van der Waals surface area contributed by atoms with E-state index in [0.717, 1.165) is 6.07 Å². The van der Waals surface area contributed by atoms with E-state index in [1.165, 1.54) is 23.2 Å². The second-order valence-electron chi connectivity index (χ2n) is 8.58. The molecule has 3 atom stereocenters. The molecule has 0 unspecified atom stereocenters. The number of alkyl halides is 3. The first-order valence-electron chi connectivity index (χ1n) is 10.3. The Kier molecular flexibility index (Phi) is 6.18. The Hall–Kier alpha value is -1.86. The maximum atomic E-state index is 13.8. The highest BCUT2D eigenvalue weighted by atomic mass is 127. The quantitative estimate of drug-likeness (QED) is 0.440. The molecule has 0 bridgehead atoms. The van der Waals surface area contributed by atoms with E-state index in [0.29, 0.717) is 16.0 Å². The number of aliphatic hydroxyl groups is 1. The van der Waals surface area contributed by atoms with Crippen molar-refractivity contribution in [3.63, 3.8) is 0 Å². The molecule has 1 aromatic carbocycles. The molecule has 2 aromatic heterocycles. The van der Waals surface area contributed by atoms with E-state index in [4.69, 9.17) is 9.15 Å². The summed E-state index contributed by atoms with van der Waals surface area (Å²) in [7, 11) is 0. The van der Waals surface area contributed by atoms with Crippen molar-refractivity contribution in [2.75, 3.05) is 6.61 Å². The third kappa shape index (κ3) is 4.60. The van der Waals surface area contributed by atoms with E-state index >= 15 is 0 Å². The van der Waals surface area contributed by atoms with Crippen molar-refractivity contribution < 1.29 is 27.4 Å². The first-order valence-corrected chi connectivity index (χ1v) is 11.3. The molecule has 0 radical (unpaired) electrons. The van der Waals surface area contributed by atoms with E-state index < -0.39 is 17.3 Å². The van der Waals surface area contributed by atoms with Gasteiger partial charge in [-0.05, 0) is 33.3 Å². The Morgan fingerprint density at radius 1 is 1.38 bits per heavy atom. The number of nitrogens with one attached hydrogen (secondary N) is 1. The minimum absolute atomic E-state index is 0.0410. The van der Waals surface area contributed by atoms with Gasteiger partial charge in [0.15, 0.2) is 0 Å². The molecule has 11 heteroatoms. The Morgan fingerprint density at radius 2 is 2.12 bits per heavy atom. The predicted molar refractivity (Wildman–Crippen MR) is 119 cm³/mol. The minimum atomic E-state index is -4.55. The Bertz CT molecular complexity index is 1110. The smallest absolute Gasteiger partial charge is 0.418 e. The standard InChI is InChI=1S/C21H24F3IN4O3/c1-11(2)29-10-26-16-5-14(4-15(18(16)29)21(22,23)24)31-8-13-7-20(30,6-12(3)27-13)17-9-32-19(25)28-17/h4-5,9-13,27,30H,6-8H2,1-3H3/t12-,13-,20+/m0/s1. The average Bonchev–Trinajstić information content (AvgIpc) is 3.31. The van der Waals surface area contributed by atoms with Crippen LogP contribution in [0.1, 0.15) is 50.9 Å². The van der Waals surface area contributed by atoms with E-state index in [-0.39, 0.29) is 47.9 Å². The van der Waals surface area contributed by atoms with Crippen LogP contribution in [0.15, 0.2) is 29.1 Å². The number of rotatable bonds is 5. The van der Waals surface area contributed by atoms with Gasteiger partial charge in [0.2, 0.25) is 0 Å². The van der Waals surface area contributed by atoms with Crippen LogP contribution < -0.4 is 10.1 Å². The number of fused-ring (bicyclic) bond motifs is 1. The molecule has 1 aliphatic heterocycles. The van der Waals surface area contributed by atoms with Gasteiger partial charge in [0.1, 0.15) is 29.9 Å². The normalized spacial score (nSPS) is 24.4. The number of hydrogen-bond acceptors (Lipinski definition) is 6. The molecule has 174 valence electrons. The van der Waals surface area contributed by atoms with Crippen LogP contribution in [0.5, 0.6) is 5.75 Å². The van der Waals surface area contributed by atoms with Crippen LogP contribution in [-0.4, -0.2) is 38.3 Å². The van der Waals surface area contributed by atoms with Gasteiger partial charge in [-0.2, -0.15) is 13.2 Å². The summed E-state index contributed by atoms with van der Waals surface area (Å²) in [5.74, 6) is 0.0818. The molecule has 2 N–H and O–H groups in total. The lowest BCUT2D eigenvalue weighted by atomic mass is 9.82. The minimum Gasteiger partial charge on any atom is -0.492 e. The molecule has 0 aliphatic carbocycles. The average molecular weight is 564 g/mol. The van der Waals surface area contributed by atoms with Crippen LogP contribution in [0.4, 0.5) is 13.2 Å². The highest BCUT2D eigenvalue weighted by Gasteiger charge is 2.41. The third-order valence-electron chi connectivity index (χ3n) is 5.66. The molecule has 3 aromatic rings. The van der Waals surface area contributed by atoms with Gasteiger partial charge in [-0.15, -0.1) is 0 Å². The number of oxazole rings is 1. The second-order valence-corrected chi connectivity index (χ2v) is 9.51. The first-order chi connectivity index (χ1) is 15.0. The van der Waals surface area contributed by atoms with Gasteiger partial charge in [0.25, 0.3) is 3.90 Å². The Morgan fingerprint density at radius 3 is 2.75 bits per heavy atom. The maximum absolute atomic E-state index is 13.8. The molecule has 3 heterocycles. The fourth-order valence-electron chi connectivity index (χ4n) is 4.33. The number of nitrogens with zero attached hydrogens (tertiary/aromatic N) is 3. The van der Waals surface area contributed by atoms with Crippen molar-refractivity contribution in [2.45, 2.75) is 63.5 Å². The molecule has 7 nitrogen and oxygen atoms in total. The number of benzene rings is 1. The van der Waals surface area contributed by atoms with Crippen LogP contribution in [0.2, 0.25) is 0 Å². The van der Waals surface area contributed by atoms with Gasteiger partial charge in [0, 0.05) is 53.2 Å². The van der Waals surface area contributed by atoms with Crippen molar-refractivity contribution in [1.29, 1.82) is 0 Å². The Balaban J connectivity index is 1.57. The Labute approximate surface area is 196 Å². The summed E-state index contributed by atoms with van der Waals surface area (Å²) in [6.45, 7) is 5.61. The zero-order valence-electron chi connectivity index (χ0n) is 17.8. The SMILES string of the molecule is CC(C)n1cnc2cc(OC[C@@H]3C[C@@](O)(c4coc(I)n4)C[C@H](C)N3)cc(C(F)(F)F)c21. The van der Waals surface area contributed by atoms with Crippen molar-refractivity contribution in [1.82, 2.24) is 19.9 Å². The second kappa shape index (κ2) is 8.49. The molecular weight excluding hydrogens is 540 g/mol. The zero-order chi connectivity index (χ0) is 23.3. The summed E-state index contributed by atoms with van der Waals surface area (Å²) in [6, 6.07) is 2.02. The van der Waals surface area contributed by atoms with E-state index in [1.807, 2.05) is 29.5 Å². The maximum Gasteiger partial charge on any atom is 0.418 e. The number of halogens is 4. The van der Waals surface area contributed by atoms with E-state index in [2.05, 4.69) is 15.3 Å². The molecule has 1 aliphatic rings. The summed E-state index contributed by atoms with van der Waals surface area (Å²) >= 11 is 1.93. The molecule has 0 amide bonds. The summed E-state index contributed by atoms with van der Waals surface area (Å²) < 4.78 is 54.3. The molecule has 1 saturated heterocycles. The van der Waals surface area contributed by atoms with Crippen molar-refractivity contribution in [2.24, 2.45) is 0 Å². The number of aromatic nitrogens is 3. The predicted octanol–water partition coefficient (Wildman–Crippen LogP) is 4.64.